The molecule has 0 bridgehead atoms. The summed E-state index contributed by atoms with van der Waals surface area (Å²) in [5.74, 6) is 1.76. The standard InChI is InChI=1S/C19H16ClN5O2S/c1-26-18-10-15(4-7-17(18)27-9-8-21)11-23-25-13-22-24-19(25)28-12-14-2-5-16(20)6-3-14/h2-7,10-11,13H,9,12H2,1H3. The third kappa shape index (κ3) is 5.25. The molecule has 0 saturated carbocycles. The Morgan fingerprint density at radius 1 is 1.25 bits per heavy atom. The molecule has 0 saturated heterocycles. The second kappa shape index (κ2) is 9.78. The normalized spacial score (nSPS) is 10.8. The number of benzene rings is 2. The van der Waals surface area contributed by atoms with Crippen LogP contribution < -0.4 is 9.47 Å². The van der Waals surface area contributed by atoms with Gasteiger partial charge in [-0.25, -0.2) is 0 Å². The second-order valence-electron chi connectivity index (χ2n) is 5.47. The van der Waals surface area contributed by atoms with Gasteiger partial charge < -0.3 is 9.47 Å². The number of methoxy groups -OCH3 is 1. The highest BCUT2D eigenvalue weighted by Crippen LogP contribution is 2.27. The van der Waals surface area contributed by atoms with Crippen LogP contribution in [-0.2, 0) is 5.75 Å². The first-order valence-corrected chi connectivity index (χ1v) is 9.55. The van der Waals surface area contributed by atoms with Crippen LogP contribution in [0.5, 0.6) is 11.5 Å². The van der Waals surface area contributed by atoms with Crippen molar-refractivity contribution in [1.82, 2.24) is 14.9 Å². The minimum atomic E-state index is -0.0430. The van der Waals surface area contributed by atoms with E-state index >= 15 is 0 Å². The van der Waals surface area contributed by atoms with Crippen LogP contribution in [0.1, 0.15) is 11.1 Å². The van der Waals surface area contributed by atoms with Crippen LogP contribution in [0.15, 0.2) is 59.0 Å². The summed E-state index contributed by atoms with van der Waals surface area (Å²) in [5.41, 5.74) is 1.94. The average Bonchev–Trinajstić information content (AvgIpc) is 3.18. The summed E-state index contributed by atoms with van der Waals surface area (Å²) in [6, 6.07) is 14.9. The summed E-state index contributed by atoms with van der Waals surface area (Å²) < 4.78 is 12.2. The Balaban J connectivity index is 1.68. The number of rotatable bonds is 8. The molecule has 1 aromatic heterocycles. The van der Waals surface area contributed by atoms with Crippen molar-refractivity contribution in [2.45, 2.75) is 10.9 Å². The Kier molecular flexibility index (Phi) is 6.89. The lowest BCUT2D eigenvalue weighted by Crippen LogP contribution is -1.98. The molecule has 0 spiro atoms. The fourth-order valence-electron chi connectivity index (χ4n) is 2.24. The highest BCUT2D eigenvalue weighted by Gasteiger charge is 2.07. The molecular weight excluding hydrogens is 398 g/mol. The van der Waals surface area contributed by atoms with Gasteiger partial charge in [0, 0.05) is 10.8 Å². The maximum atomic E-state index is 8.63. The minimum absolute atomic E-state index is 0.0430. The van der Waals surface area contributed by atoms with Gasteiger partial charge in [-0.2, -0.15) is 15.0 Å². The van der Waals surface area contributed by atoms with Crippen LogP contribution in [0, 0.1) is 11.3 Å². The molecular formula is C19H16ClN5O2S. The number of nitriles is 1. The molecule has 7 nitrogen and oxygen atoms in total. The zero-order valence-corrected chi connectivity index (χ0v) is 16.5. The Bertz CT molecular complexity index is 998. The van der Waals surface area contributed by atoms with Crippen molar-refractivity contribution in [1.29, 1.82) is 5.26 Å². The summed E-state index contributed by atoms with van der Waals surface area (Å²) in [7, 11) is 1.54. The number of hydrogen-bond donors (Lipinski definition) is 0. The number of halogens is 1. The smallest absolute Gasteiger partial charge is 0.212 e. The van der Waals surface area contributed by atoms with Crippen molar-refractivity contribution in [3.8, 4) is 17.6 Å². The van der Waals surface area contributed by atoms with Gasteiger partial charge in [0.25, 0.3) is 0 Å². The zero-order chi connectivity index (χ0) is 19.8. The fourth-order valence-corrected chi connectivity index (χ4v) is 3.19. The number of nitrogens with zero attached hydrogens (tertiary/aromatic N) is 5. The van der Waals surface area contributed by atoms with Crippen molar-refractivity contribution in [2.75, 3.05) is 13.7 Å². The first kappa shape index (κ1) is 19.7. The van der Waals surface area contributed by atoms with Gasteiger partial charge >= 0.3 is 0 Å². The van der Waals surface area contributed by atoms with Crippen molar-refractivity contribution in [3.63, 3.8) is 0 Å². The summed E-state index contributed by atoms with van der Waals surface area (Å²) in [5, 5.41) is 22.4. The van der Waals surface area contributed by atoms with E-state index in [-0.39, 0.29) is 6.61 Å². The van der Waals surface area contributed by atoms with Gasteiger partial charge in [-0.1, -0.05) is 35.5 Å². The van der Waals surface area contributed by atoms with E-state index in [0.29, 0.717) is 21.7 Å². The molecule has 28 heavy (non-hydrogen) atoms. The van der Waals surface area contributed by atoms with Gasteiger partial charge in [0.15, 0.2) is 18.1 Å². The molecule has 0 N–H and O–H groups in total. The average molecular weight is 414 g/mol. The van der Waals surface area contributed by atoms with E-state index in [9.17, 15) is 0 Å². The van der Waals surface area contributed by atoms with Gasteiger partial charge in [0.1, 0.15) is 12.4 Å². The van der Waals surface area contributed by atoms with Crippen LogP contribution in [0.25, 0.3) is 0 Å². The minimum Gasteiger partial charge on any atom is -0.493 e. The maximum Gasteiger partial charge on any atom is 0.212 e. The highest BCUT2D eigenvalue weighted by atomic mass is 35.5. The summed E-state index contributed by atoms with van der Waals surface area (Å²) >= 11 is 7.43. The van der Waals surface area contributed by atoms with Gasteiger partial charge in [-0.3, -0.25) is 0 Å². The fraction of sp³-hybridized carbons (Fsp3) is 0.158. The predicted molar refractivity (Wildman–Crippen MR) is 108 cm³/mol. The number of hydrogen-bond acceptors (Lipinski definition) is 7. The predicted octanol–water partition coefficient (Wildman–Crippen LogP) is 4.02. The lowest BCUT2D eigenvalue weighted by molar-refractivity contribution is 0.329. The molecule has 0 aliphatic rings. The molecule has 0 atom stereocenters. The topological polar surface area (TPSA) is 85.3 Å². The van der Waals surface area contributed by atoms with E-state index in [1.165, 1.54) is 11.8 Å². The second-order valence-corrected chi connectivity index (χ2v) is 6.85. The molecule has 0 aliphatic carbocycles. The van der Waals surface area contributed by atoms with Gasteiger partial charge in [0.2, 0.25) is 5.16 Å². The number of aromatic nitrogens is 3. The van der Waals surface area contributed by atoms with Crippen LogP contribution in [0.3, 0.4) is 0 Å². The van der Waals surface area contributed by atoms with E-state index in [1.807, 2.05) is 36.4 Å². The van der Waals surface area contributed by atoms with Crippen LogP contribution in [0.2, 0.25) is 5.02 Å². The van der Waals surface area contributed by atoms with Crippen molar-refractivity contribution in [2.24, 2.45) is 5.10 Å². The van der Waals surface area contributed by atoms with Crippen LogP contribution in [-0.4, -0.2) is 34.8 Å². The van der Waals surface area contributed by atoms with Gasteiger partial charge in [0.05, 0.1) is 13.3 Å². The van der Waals surface area contributed by atoms with Gasteiger partial charge in [-0.15, -0.1) is 10.2 Å². The van der Waals surface area contributed by atoms with Crippen LogP contribution >= 0.6 is 23.4 Å². The first-order chi connectivity index (χ1) is 13.7. The maximum absolute atomic E-state index is 8.63. The van der Waals surface area contributed by atoms with E-state index in [1.54, 1.807) is 36.5 Å². The zero-order valence-electron chi connectivity index (χ0n) is 14.9. The van der Waals surface area contributed by atoms with E-state index in [0.717, 1.165) is 16.9 Å². The molecule has 9 heteroatoms. The summed E-state index contributed by atoms with van der Waals surface area (Å²) in [4.78, 5) is 0. The highest BCUT2D eigenvalue weighted by molar-refractivity contribution is 7.98. The molecule has 1 heterocycles. The van der Waals surface area contributed by atoms with Crippen molar-refractivity contribution >= 4 is 29.6 Å². The quantitative estimate of drug-likeness (QED) is 0.409. The molecule has 142 valence electrons. The molecule has 0 radical (unpaired) electrons. The van der Waals surface area contributed by atoms with E-state index < -0.39 is 0 Å². The Labute approximate surface area is 171 Å². The van der Waals surface area contributed by atoms with Crippen molar-refractivity contribution in [3.05, 3.63) is 64.9 Å². The molecule has 3 rings (SSSR count). The molecule has 0 fully saturated rings. The number of thioether (sulfide) groups is 1. The Morgan fingerprint density at radius 3 is 2.82 bits per heavy atom. The Hall–Kier alpha value is -3.02. The number of ether oxygens (including phenoxy) is 2. The third-order valence-electron chi connectivity index (χ3n) is 3.59. The summed E-state index contributed by atoms with van der Waals surface area (Å²) in [6.45, 7) is -0.0430. The van der Waals surface area contributed by atoms with E-state index in [4.69, 9.17) is 26.3 Å². The molecule has 0 amide bonds. The van der Waals surface area contributed by atoms with Crippen molar-refractivity contribution < 1.29 is 9.47 Å². The van der Waals surface area contributed by atoms with E-state index in [2.05, 4.69) is 15.3 Å². The molecule has 0 aliphatic heterocycles. The molecule has 0 unspecified atom stereocenters. The Morgan fingerprint density at radius 2 is 2.07 bits per heavy atom. The largest absolute Gasteiger partial charge is 0.493 e. The lowest BCUT2D eigenvalue weighted by atomic mass is 10.2. The SMILES string of the molecule is COc1cc(C=Nn2cnnc2SCc2ccc(Cl)cc2)ccc1OCC#N. The molecule has 3 aromatic rings. The van der Waals surface area contributed by atoms with Gasteiger partial charge in [-0.05, 0) is 41.5 Å². The monoisotopic (exact) mass is 413 g/mol. The summed E-state index contributed by atoms with van der Waals surface area (Å²) in [6.07, 6.45) is 3.22. The molecule has 2 aromatic carbocycles. The first-order valence-electron chi connectivity index (χ1n) is 8.19. The third-order valence-corrected chi connectivity index (χ3v) is 4.85. The lowest BCUT2D eigenvalue weighted by Gasteiger charge is -2.08. The van der Waals surface area contributed by atoms with Crippen LogP contribution in [0.4, 0.5) is 0 Å².